The molecule has 1 fully saturated rings. The Balaban J connectivity index is 1.89. The summed E-state index contributed by atoms with van der Waals surface area (Å²) in [6.07, 6.45) is -2.23. The second-order valence-corrected chi connectivity index (χ2v) is 4.92. The van der Waals surface area contributed by atoms with Crippen molar-refractivity contribution in [2.24, 2.45) is 0 Å². The van der Waals surface area contributed by atoms with E-state index in [2.05, 4.69) is 15.0 Å². The molecule has 0 spiro atoms. The Labute approximate surface area is 123 Å². The van der Waals surface area contributed by atoms with E-state index in [4.69, 9.17) is 4.74 Å². The van der Waals surface area contributed by atoms with E-state index >= 15 is 0 Å². The number of cyclic esters (lactones) is 1. The van der Waals surface area contributed by atoms with Crippen molar-refractivity contribution in [3.8, 4) is 5.88 Å². The van der Waals surface area contributed by atoms with Crippen LogP contribution < -0.4 is 10.1 Å². The van der Waals surface area contributed by atoms with Crippen molar-refractivity contribution >= 4 is 11.7 Å². The van der Waals surface area contributed by atoms with Gasteiger partial charge in [-0.1, -0.05) is 0 Å². The molecule has 2 heterocycles. The molecule has 1 aromatic heterocycles. The highest BCUT2D eigenvalue weighted by atomic mass is 19.3. The first-order chi connectivity index (χ1) is 10.3. The van der Waals surface area contributed by atoms with Gasteiger partial charge in [0.05, 0.1) is 11.9 Å². The third kappa shape index (κ3) is 3.99. The minimum absolute atomic E-state index is 0.183. The van der Waals surface area contributed by atoms with Gasteiger partial charge in [0.1, 0.15) is 12.1 Å². The van der Waals surface area contributed by atoms with E-state index in [0.29, 0.717) is 12.1 Å². The van der Waals surface area contributed by atoms with Gasteiger partial charge in [-0.05, 0) is 13.0 Å². The Morgan fingerprint density at radius 3 is 2.73 bits per heavy atom. The van der Waals surface area contributed by atoms with Crippen LogP contribution in [0.25, 0.3) is 0 Å². The van der Waals surface area contributed by atoms with Crippen molar-refractivity contribution < 1.29 is 31.8 Å². The van der Waals surface area contributed by atoms with Crippen LogP contribution >= 0.6 is 0 Å². The first kappa shape index (κ1) is 16.3. The molecule has 1 aliphatic rings. The fourth-order valence-corrected chi connectivity index (χ4v) is 1.86. The SMILES string of the molecule is C[C@H]1C[C@H](Nc2ccc(OCC(F)(F)C(F)F)nc2)C(=O)O1. The van der Waals surface area contributed by atoms with E-state index in [9.17, 15) is 22.4 Å². The molecule has 0 saturated carbocycles. The molecular formula is C13H14F4N2O3. The summed E-state index contributed by atoms with van der Waals surface area (Å²) in [5.74, 6) is -4.83. The molecule has 0 aliphatic carbocycles. The van der Waals surface area contributed by atoms with Gasteiger partial charge in [-0.3, -0.25) is 0 Å². The number of nitrogens with one attached hydrogen (secondary N) is 1. The average Bonchev–Trinajstić information content (AvgIpc) is 2.76. The van der Waals surface area contributed by atoms with Gasteiger partial charge in [0, 0.05) is 12.5 Å². The van der Waals surface area contributed by atoms with Crippen molar-refractivity contribution in [3.05, 3.63) is 18.3 Å². The second-order valence-electron chi connectivity index (χ2n) is 4.92. The summed E-state index contributed by atoms with van der Waals surface area (Å²) in [6.45, 7) is 0.300. The number of rotatable bonds is 6. The molecule has 0 unspecified atom stereocenters. The molecule has 1 N–H and O–H groups in total. The molecule has 1 aliphatic heterocycles. The van der Waals surface area contributed by atoms with Crippen LogP contribution in [-0.2, 0) is 9.53 Å². The van der Waals surface area contributed by atoms with Crippen molar-refractivity contribution in [1.29, 1.82) is 0 Å². The zero-order chi connectivity index (χ0) is 16.3. The van der Waals surface area contributed by atoms with Crippen LogP contribution in [0.3, 0.4) is 0 Å². The van der Waals surface area contributed by atoms with Gasteiger partial charge >= 0.3 is 18.3 Å². The highest BCUT2D eigenvalue weighted by molar-refractivity contribution is 5.81. The van der Waals surface area contributed by atoms with Crippen molar-refractivity contribution in [2.45, 2.75) is 37.8 Å². The maximum absolute atomic E-state index is 12.7. The Kier molecular flexibility index (Phi) is 4.72. The lowest BCUT2D eigenvalue weighted by atomic mass is 10.2. The molecule has 0 amide bonds. The molecule has 0 aromatic carbocycles. The molecule has 2 rings (SSSR count). The van der Waals surface area contributed by atoms with Gasteiger partial charge in [0.2, 0.25) is 5.88 Å². The number of halogens is 4. The van der Waals surface area contributed by atoms with Crippen molar-refractivity contribution in [2.75, 3.05) is 11.9 Å². The summed E-state index contributed by atoms with van der Waals surface area (Å²) >= 11 is 0. The van der Waals surface area contributed by atoms with Crippen LogP contribution in [0.4, 0.5) is 23.2 Å². The fourth-order valence-electron chi connectivity index (χ4n) is 1.86. The number of ether oxygens (including phenoxy) is 2. The summed E-state index contributed by atoms with van der Waals surface area (Å²) in [7, 11) is 0. The third-order valence-corrected chi connectivity index (χ3v) is 2.98. The predicted molar refractivity (Wildman–Crippen MR) is 68.3 cm³/mol. The molecule has 122 valence electrons. The molecule has 9 heteroatoms. The van der Waals surface area contributed by atoms with Gasteiger partial charge in [0.25, 0.3) is 0 Å². The average molecular weight is 322 g/mol. The zero-order valence-corrected chi connectivity index (χ0v) is 11.6. The van der Waals surface area contributed by atoms with Crippen LogP contribution in [0, 0.1) is 0 Å². The van der Waals surface area contributed by atoms with E-state index in [-0.39, 0.29) is 18.0 Å². The van der Waals surface area contributed by atoms with E-state index in [1.165, 1.54) is 18.3 Å². The summed E-state index contributed by atoms with van der Waals surface area (Å²) in [4.78, 5) is 15.2. The first-order valence-electron chi connectivity index (χ1n) is 6.50. The fraction of sp³-hybridized carbons (Fsp3) is 0.538. The second kappa shape index (κ2) is 6.37. The lowest BCUT2D eigenvalue weighted by Crippen LogP contribution is -2.33. The zero-order valence-electron chi connectivity index (χ0n) is 11.6. The third-order valence-electron chi connectivity index (χ3n) is 2.98. The summed E-state index contributed by atoms with van der Waals surface area (Å²) in [5, 5.41) is 2.88. The topological polar surface area (TPSA) is 60.5 Å². The molecule has 0 radical (unpaired) electrons. The number of alkyl halides is 4. The van der Waals surface area contributed by atoms with Gasteiger partial charge in [0.15, 0.2) is 6.61 Å². The van der Waals surface area contributed by atoms with Crippen LogP contribution in [0.15, 0.2) is 18.3 Å². The smallest absolute Gasteiger partial charge is 0.340 e. The van der Waals surface area contributed by atoms with E-state index in [1.54, 1.807) is 6.92 Å². The highest BCUT2D eigenvalue weighted by Crippen LogP contribution is 2.24. The lowest BCUT2D eigenvalue weighted by molar-refractivity contribution is -0.148. The number of carbonyl (C=O) groups is 1. The molecule has 22 heavy (non-hydrogen) atoms. The molecular weight excluding hydrogens is 308 g/mol. The summed E-state index contributed by atoms with van der Waals surface area (Å²) in [5.41, 5.74) is 0.462. The van der Waals surface area contributed by atoms with Crippen LogP contribution in [0.1, 0.15) is 13.3 Å². The largest absolute Gasteiger partial charge is 0.471 e. The normalized spacial score (nSPS) is 21.8. The highest BCUT2D eigenvalue weighted by Gasteiger charge is 2.41. The van der Waals surface area contributed by atoms with Gasteiger partial charge in [-0.2, -0.15) is 8.78 Å². The van der Waals surface area contributed by atoms with Crippen LogP contribution in [0.5, 0.6) is 5.88 Å². The Morgan fingerprint density at radius 2 is 2.23 bits per heavy atom. The number of carbonyl (C=O) groups excluding carboxylic acids is 1. The standard InChI is InChI=1S/C13H14F4N2O3/c1-7-4-9(11(20)22-7)19-8-2-3-10(18-5-8)21-6-13(16,17)12(14)15/h2-3,5,7,9,12,19H,4,6H2,1H3/t7-,9-/m0/s1. The Hall–Kier alpha value is -2.06. The maximum Gasteiger partial charge on any atom is 0.340 e. The molecule has 2 atom stereocenters. The predicted octanol–water partition coefficient (Wildman–Crippen LogP) is 2.48. The summed E-state index contributed by atoms with van der Waals surface area (Å²) < 4.78 is 58.8. The number of aromatic nitrogens is 1. The molecule has 0 bridgehead atoms. The van der Waals surface area contributed by atoms with Crippen molar-refractivity contribution in [1.82, 2.24) is 4.98 Å². The van der Waals surface area contributed by atoms with E-state index < -0.39 is 25.0 Å². The Bertz CT molecular complexity index is 525. The van der Waals surface area contributed by atoms with E-state index in [0.717, 1.165) is 0 Å². The van der Waals surface area contributed by atoms with Gasteiger partial charge in [-0.15, -0.1) is 0 Å². The number of pyridine rings is 1. The van der Waals surface area contributed by atoms with E-state index in [1.807, 2.05) is 0 Å². The van der Waals surface area contributed by atoms with Crippen LogP contribution in [-0.4, -0.2) is 42.1 Å². The Morgan fingerprint density at radius 1 is 1.50 bits per heavy atom. The number of anilines is 1. The minimum atomic E-state index is -4.23. The molecule has 1 aromatic rings. The monoisotopic (exact) mass is 322 g/mol. The van der Waals surface area contributed by atoms with Crippen molar-refractivity contribution in [3.63, 3.8) is 0 Å². The van der Waals surface area contributed by atoms with Crippen LogP contribution in [0.2, 0.25) is 0 Å². The number of nitrogens with zero attached hydrogens (tertiary/aromatic N) is 1. The minimum Gasteiger partial charge on any atom is -0.471 e. The maximum atomic E-state index is 12.7. The molecule has 5 nitrogen and oxygen atoms in total. The lowest BCUT2D eigenvalue weighted by Gasteiger charge is -2.15. The number of hydrogen-bond acceptors (Lipinski definition) is 5. The quantitative estimate of drug-likeness (QED) is 0.644. The van der Waals surface area contributed by atoms with Gasteiger partial charge in [-0.25, -0.2) is 18.6 Å². The number of esters is 1. The summed E-state index contributed by atoms with van der Waals surface area (Å²) in [6, 6.07) is 2.18. The first-order valence-corrected chi connectivity index (χ1v) is 6.50. The number of hydrogen-bond donors (Lipinski definition) is 1. The molecule has 1 saturated heterocycles. The van der Waals surface area contributed by atoms with Gasteiger partial charge < -0.3 is 14.8 Å².